The van der Waals surface area contributed by atoms with Crippen molar-refractivity contribution >= 4 is 40.7 Å². The SMILES string of the molecule is Nc1ccc(N2CCC([C@@H](N)c3cc(Cl)c(Cl)cc3OC(=O)C(F)(F)F)CC2)nc1. The van der Waals surface area contributed by atoms with Crippen LogP contribution in [0.15, 0.2) is 30.5 Å². The molecule has 4 N–H and O–H groups in total. The molecule has 1 aromatic heterocycles. The number of pyridine rings is 1. The van der Waals surface area contributed by atoms with Crippen LogP contribution in [0.3, 0.4) is 0 Å². The number of nitrogen functional groups attached to an aromatic ring is 1. The Labute approximate surface area is 180 Å². The van der Waals surface area contributed by atoms with Crippen LogP contribution >= 0.6 is 23.2 Å². The van der Waals surface area contributed by atoms with Crippen LogP contribution in [-0.2, 0) is 4.79 Å². The van der Waals surface area contributed by atoms with Gasteiger partial charge in [-0.1, -0.05) is 23.2 Å². The second-order valence-corrected chi connectivity index (χ2v) is 7.81. The summed E-state index contributed by atoms with van der Waals surface area (Å²) in [6, 6.07) is 5.31. The molecule has 3 rings (SSSR count). The summed E-state index contributed by atoms with van der Waals surface area (Å²) < 4.78 is 42.5. The molecule has 1 fully saturated rings. The number of carbonyl (C=O) groups is 1. The Balaban J connectivity index is 1.76. The minimum Gasteiger partial charge on any atom is -0.419 e. The molecule has 11 heteroatoms. The average molecular weight is 463 g/mol. The van der Waals surface area contributed by atoms with E-state index in [0.717, 1.165) is 11.9 Å². The van der Waals surface area contributed by atoms with Crippen LogP contribution in [0.25, 0.3) is 0 Å². The highest BCUT2D eigenvalue weighted by Gasteiger charge is 2.42. The van der Waals surface area contributed by atoms with Crippen LogP contribution < -0.4 is 21.1 Å². The van der Waals surface area contributed by atoms with Crippen molar-refractivity contribution in [3.63, 3.8) is 0 Å². The molecule has 2 heterocycles. The first-order chi connectivity index (χ1) is 14.1. The zero-order valence-corrected chi connectivity index (χ0v) is 17.1. The smallest absolute Gasteiger partial charge is 0.419 e. The third-order valence-electron chi connectivity index (χ3n) is 4.99. The molecule has 0 radical (unpaired) electrons. The monoisotopic (exact) mass is 462 g/mol. The molecule has 0 unspecified atom stereocenters. The number of carbonyl (C=O) groups excluding carboxylic acids is 1. The van der Waals surface area contributed by atoms with Gasteiger partial charge in [-0.2, -0.15) is 13.2 Å². The fraction of sp³-hybridized carbons (Fsp3) is 0.368. The number of halogens is 5. The number of piperidine rings is 1. The van der Waals surface area contributed by atoms with Crippen LogP contribution in [0, 0.1) is 5.92 Å². The number of aromatic nitrogens is 1. The zero-order valence-electron chi connectivity index (χ0n) is 15.6. The van der Waals surface area contributed by atoms with Gasteiger partial charge in [0, 0.05) is 30.8 Å². The molecule has 1 aliphatic heterocycles. The van der Waals surface area contributed by atoms with Crippen molar-refractivity contribution in [3.8, 4) is 5.75 Å². The van der Waals surface area contributed by atoms with Gasteiger partial charge in [0.05, 0.1) is 21.9 Å². The molecule has 1 aliphatic rings. The molecular formula is C19H19Cl2F3N4O2. The van der Waals surface area contributed by atoms with E-state index >= 15 is 0 Å². The fourth-order valence-corrected chi connectivity index (χ4v) is 3.70. The third-order valence-corrected chi connectivity index (χ3v) is 5.71. The van der Waals surface area contributed by atoms with Crippen LogP contribution in [-0.4, -0.2) is 30.2 Å². The van der Waals surface area contributed by atoms with Gasteiger partial charge in [-0.05, 0) is 37.0 Å². The number of nitrogens with two attached hydrogens (primary N) is 2. The molecule has 1 saturated heterocycles. The zero-order chi connectivity index (χ0) is 22.1. The number of rotatable bonds is 4. The lowest BCUT2D eigenvalue weighted by molar-refractivity contribution is -0.189. The van der Waals surface area contributed by atoms with Crippen LogP contribution in [0.5, 0.6) is 5.75 Å². The topological polar surface area (TPSA) is 94.5 Å². The molecule has 0 bridgehead atoms. The molecule has 30 heavy (non-hydrogen) atoms. The molecule has 2 aromatic rings. The second-order valence-electron chi connectivity index (χ2n) is 6.99. The number of nitrogens with zero attached hydrogens (tertiary/aromatic N) is 2. The summed E-state index contributed by atoms with van der Waals surface area (Å²) in [5.74, 6) is -1.98. The summed E-state index contributed by atoms with van der Waals surface area (Å²) in [7, 11) is 0. The van der Waals surface area contributed by atoms with E-state index in [1.165, 1.54) is 6.07 Å². The van der Waals surface area contributed by atoms with Gasteiger partial charge in [-0.15, -0.1) is 0 Å². The largest absolute Gasteiger partial charge is 0.491 e. The van der Waals surface area contributed by atoms with E-state index in [4.69, 9.17) is 34.7 Å². The van der Waals surface area contributed by atoms with Gasteiger partial charge in [0.1, 0.15) is 11.6 Å². The van der Waals surface area contributed by atoms with E-state index in [2.05, 4.69) is 14.6 Å². The van der Waals surface area contributed by atoms with Gasteiger partial charge < -0.3 is 21.1 Å². The Bertz CT molecular complexity index is 917. The number of ether oxygens (including phenoxy) is 1. The van der Waals surface area contributed by atoms with Gasteiger partial charge in [0.25, 0.3) is 0 Å². The maximum atomic E-state index is 12.6. The number of hydrogen-bond donors (Lipinski definition) is 2. The first kappa shape index (κ1) is 22.5. The van der Waals surface area contributed by atoms with E-state index in [9.17, 15) is 18.0 Å². The average Bonchev–Trinajstić information content (AvgIpc) is 2.70. The molecule has 0 saturated carbocycles. The van der Waals surface area contributed by atoms with Crippen molar-refractivity contribution in [1.82, 2.24) is 4.98 Å². The van der Waals surface area contributed by atoms with Crippen LogP contribution in [0.4, 0.5) is 24.7 Å². The number of hydrogen-bond acceptors (Lipinski definition) is 6. The first-order valence-electron chi connectivity index (χ1n) is 9.06. The lowest BCUT2D eigenvalue weighted by Gasteiger charge is -2.36. The minimum absolute atomic E-state index is 0.0400. The van der Waals surface area contributed by atoms with Gasteiger partial charge in [0.2, 0.25) is 0 Å². The molecule has 6 nitrogen and oxygen atoms in total. The number of anilines is 2. The van der Waals surface area contributed by atoms with Crippen molar-refractivity contribution in [2.24, 2.45) is 11.7 Å². The van der Waals surface area contributed by atoms with E-state index in [-0.39, 0.29) is 27.3 Å². The van der Waals surface area contributed by atoms with Crippen molar-refractivity contribution in [2.75, 3.05) is 23.7 Å². The van der Waals surface area contributed by atoms with E-state index in [1.807, 2.05) is 6.07 Å². The minimum atomic E-state index is -5.15. The van der Waals surface area contributed by atoms with Crippen LogP contribution in [0.2, 0.25) is 10.0 Å². The number of alkyl halides is 3. The first-order valence-corrected chi connectivity index (χ1v) is 9.82. The standard InChI is InChI=1S/C19H19Cl2F3N4O2/c20-13-7-12(15(8-14(13)21)30-18(29)19(22,23)24)17(26)10-3-5-28(6-4-10)16-2-1-11(25)9-27-16/h1-2,7-10,17H,3-6,25-26H2/t17-/m1/s1. The van der Waals surface area contributed by atoms with Gasteiger partial charge in [0.15, 0.2) is 0 Å². The van der Waals surface area contributed by atoms with Crippen LogP contribution in [0.1, 0.15) is 24.4 Å². The molecule has 1 atom stereocenters. The fourth-order valence-electron chi connectivity index (χ4n) is 3.38. The summed E-state index contributed by atoms with van der Waals surface area (Å²) in [4.78, 5) is 17.7. The normalized spacial score (nSPS) is 16.4. The van der Waals surface area contributed by atoms with Crippen molar-refractivity contribution < 1.29 is 22.7 Å². The highest BCUT2D eigenvalue weighted by Crippen LogP contribution is 2.39. The molecule has 0 aliphatic carbocycles. The summed E-state index contributed by atoms with van der Waals surface area (Å²) in [6.45, 7) is 1.29. The van der Waals surface area contributed by atoms with Crippen molar-refractivity contribution in [2.45, 2.75) is 25.1 Å². The summed E-state index contributed by atoms with van der Waals surface area (Å²) >= 11 is 11.9. The second kappa shape index (κ2) is 8.87. The predicted molar refractivity (Wildman–Crippen MR) is 109 cm³/mol. The molecule has 0 spiro atoms. The Morgan fingerprint density at radius 2 is 1.83 bits per heavy atom. The highest BCUT2D eigenvalue weighted by molar-refractivity contribution is 6.42. The lowest BCUT2D eigenvalue weighted by atomic mass is 9.85. The molecule has 162 valence electrons. The Morgan fingerprint density at radius 3 is 2.40 bits per heavy atom. The highest BCUT2D eigenvalue weighted by atomic mass is 35.5. The summed E-state index contributed by atoms with van der Waals surface area (Å²) in [5, 5.41) is 0.0688. The Hall–Kier alpha value is -2.23. The molecule has 0 amide bonds. The Kier molecular flexibility index (Phi) is 6.64. The van der Waals surface area contributed by atoms with E-state index in [0.29, 0.717) is 31.6 Å². The summed E-state index contributed by atoms with van der Waals surface area (Å²) in [6.07, 6.45) is -2.27. The van der Waals surface area contributed by atoms with E-state index in [1.54, 1.807) is 12.3 Å². The number of esters is 1. The maximum Gasteiger partial charge on any atom is 0.491 e. The number of benzene rings is 1. The lowest BCUT2D eigenvalue weighted by Crippen LogP contribution is -2.38. The summed E-state index contributed by atoms with van der Waals surface area (Å²) in [5.41, 5.74) is 12.8. The van der Waals surface area contributed by atoms with Crippen molar-refractivity contribution in [1.29, 1.82) is 0 Å². The van der Waals surface area contributed by atoms with Gasteiger partial charge in [-0.25, -0.2) is 9.78 Å². The maximum absolute atomic E-state index is 12.6. The molecular weight excluding hydrogens is 444 g/mol. The van der Waals surface area contributed by atoms with Gasteiger partial charge >= 0.3 is 12.1 Å². The van der Waals surface area contributed by atoms with Gasteiger partial charge in [-0.3, -0.25) is 0 Å². The van der Waals surface area contributed by atoms with E-state index < -0.39 is 18.2 Å². The Morgan fingerprint density at radius 1 is 1.20 bits per heavy atom. The third kappa shape index (κ3) is 5.08. The predicted octanol–water partition coefficient (Wildman–Crippen LogP) is 4.35. The quantitative estimate of drug-likeness (QED) is 0.517. The van der Waals surface area contributed by atoms with Crippen molar-refractivity contribution in [3.05, 3.63) is 46.1 Å². The molecule has 1 aromatic carbocycles.